The maximum Gasteiger partial charge on any atom is 0.327 e. The van der Waals surface area contributed by atoms with E-state index in [1.165, 1.54) is 12.1 Å². The number of amides is 2. The normalized spacial score (nSPS) is 10.5. The number of hydrogen-bond donors (Lipinski definition) is 2. The number of anilines is 2. The first-order valence-electron chi connectivity index (χ1n) is 7.71. The lowest BCUT2D eigenvalue weighted by Crippen LogP contribution is -2.19. The number of aryl methyl sites for hydroxylation is 2. The molecule has 0 radical (unpaired) electrons. The molecule has 2 aromatic carbocycles. The minimum absolute atomic E-state index is 0.000938. The predicted octanol–water partition coefficient (Wildman–Crippen LogP) is 4.06. The van der Waals surface area contributed by atoms with Gasteiger partial charge in [0, 0.05) is 5.69 Å². The van der Waals surface area contributed by atoms with Crippen molar-refractivity contribution in [2.75, 3.05) is 10.6 Å². The Hall–Kier alpha value is -3.22. The number of nitrogens with one attached hydrogen (secondary N) is 2. The lowest BCUT2D eigenvalue weighted by atomic mass is 10.1. The van der Waals surface area contributed by atoms with Crippen molar-refractivity contribution in [3.8, 4) is 0 Å². The smallest absolute Gasteiger partial charge is 0.327 e. The summed E-state index contributed by atoms with van der Waals surface area (Å²) in [5, 5.41) is 12.9. The lowest BCUT2D eigenvalue weighted by molar-refractivity contribution is 0.261. The molecule has 0 aliphatic carbocycles. The summed E-state index contributed by atoms with van der Waals surface area (Å²) in [5.41, 5.74) is 3.61. The summed E-state index contributed by atoms with van der Waals surface area (Å²) < 4.78 is 18.3. The van der Waals surface area contributed by atoms with Crippen molar-refractivity contribution in [1.29, 1.82) is 0 Å². The molecule has 1 aromatic heterocycles. The molecule has 128 valence electrons. The highest BCUT2D eigenvalue weighted by molar-refractivity contribution is 5.98. The van der Waals surface area contributed by atoms with Crippen LogP contribution in [-0.2, 0) is 6.42 Å². The third kappa shape index (κ3) is 4.63. The molecule has 0 saturated carbocycles. The Bertz CT molecular complexity index is 870. The molecule has 6 nitrogen and oxygen atoms in total. The van der Waals surface area contributed by atoms with Gasteiger partial charge in [-0.3, -0.25) is 5.32 Å². The van der Waals surface area contributed by atoms with E-state index in [9.17, 15) is 9.18 Å². The van der Waals surface area contributed by atoms with Crippen LogP contribution in [0.15, 0.2) is 46.9 Å². The Morgan fingerprint density at radius 3 is 2.40 bits per heavy atom. The zero-order valence-electron chi connectivity index (χ0n) is 13.8. The van der Waals surface area contributed by atoms with Crippen molar-refractivity contribution in [3.05, 3.63) is 70.9 Å². The van der Waals surface area contributed by atoms with E-state index in [0.717, 1.165) is 16.7 Å². The Balaban J connectivity index is 1.60. The number of nitrogens with zero attached hydrogens (tertiary/aromatic N) is 2. The molecule has 3 aromatic rings. The molecule has 2 N–H and O–H groups in total. The fraction of sp³-hybridized carbons (Fsp3) is 0.167. The van der Waals surface area contributed by atoms with Gasteiger partial charge in [0.25, 0.3) is 0 Å². The fourth-order valence-electron chi connectivity index (χ4n) is 2.46. The second-order valence-corrected chi connectivity index (χ2v) is 5.76. The summed E-state index contributed by atoms with van der Waals surface area (Å²) in [7, 11) is 0. The predicted molar refractivity (Wildman–Crippen MR) is 92.1 cm³/mol. The first-order valence-corrected chi connectivity index (χ1v) is 7.71. The quantitative estimate of drug-likeness (QED) is 0.750. The molecular formula is C18H17FN4O2. The zero-order valence-corrected chi connectivity index (χ0v) is 13.8. The maximum absolute atomic E-state index is 12.9. The van der Waals surface area contributed by atoms with Crippen LogP contribution in [0.2, 0.25) is 0 Å². The van der Waals surface area contributed by atoms with E-state index in [4.69, 9.17) is 4.42 Å². The SMILES string of the molecule is Cc1cc(C)cc(NC(=O)Nc2nnc(Cc3ccc(F)cc3)o2)c1. The van der Waals surface area contributed by atoms with Crippen LogP contribution in [0.25, 0.3) is 0 Å². The summed E-state index contributed by atoms with van der Waals surface area (Å²) >= 11 is 0. The molecule has 0 bridgehead atoms. The lowest BCUT2D eigenvalue weighted by Gasteiger charge is -2.07. The van der Waals surface area contributed by atoms with Gasteiger partial charge in [0.2, 0.25) is 5.89 Å². The number of benzene rings is 2. The number of halogens is 1. The number of urea groups is 1. The van der Waals surface area contributed by atoms with Gasteiger partial charge in [-0.2, -0.15) is 0 Å². The van der Waals surface area contributed by atoms with Crippen LogP contribution < -0.4 is 10.6 Å². The maximum atomic E-state index is 12.9. The molecule has 0 aliphatic heterocycles. The van der Waals surface area contributed by atoms with Crippen molar-refractivity contribution in [2.45, 2.75) is 20.3 Å². The second-order valence-electron chi connectivity index (χ2n) is 5.76. The Kier molecular flexibility index (Phi) is 4.74. The number of hydrogen-bond acceptors (Lipinski definition) is 4. The number of rotatable bonds is 4. The van der Waals surface area contributed by atoms with Crippen LogP contribution >= 0.6 is 0 Å². The van der Waals surface area contributed by atoms with Crippen molar-refractivity contribution in [2.24, 2.45) is 0 Å². The van der Waals surface area contributed by atoms with Crippen LogP contribution in [0, 0.1) is 19.7 Å². The van der Waals surface area contributed by atoms with E-state index in [-0.39, 0.29) is 11.8 Å². The van der Waals surface area contributed by atoms with E-state index >= 15 is 0 Å². The molecule has 7 heteroatoms. The van der Waals surface area contributed by atoms with Gasteiger partial charge in [0.1, 0.15) is 5.82 Å². The number of carbonyl (C=O) groups excluding carboxylic acids is 1. The minimum Gasteiger partial charge on any atom is -0.407 e. The van der Waals surface area contributed by atoms with E-state index in [0.29, 0.717) is 18.0 Å². The Morgan fingerprint density at radius 1 is 1.04 bits per heavy atom. The van der Waals surface area contributed by atoms with E-state index in [1.807, 2.05) is 32.0 Å². The molecular weight excluding hydrogens is 323 g/mol. The standard InChI is InChI=1S/C18H17FN4O2/c1-11-7-12(2)9-15(8-11)20-17(24)21-18-23-22-16(25-18)10-13-3-5-14(19)6-4-13/h3-9H,10H2,1-2H3,(H2,20,21,23,24). The third-order valence-corrected chi connectivity index (χ3v) is 3.44. The summed E-state index contributed by atoms with van der Waals surface area (Å²) in [6.07, 6.45) is 0.355. The second kappa shape index (κ2) is 7.12. The van der Waals surface area contributed by atoms with Crippen LogP contribution in [0.3, 0.4) is 0 Å². The van der Waals surface area contributed by atoms with Gasteiger partial charge < -0.3 is 9.73 Å². The summed E-state index contributed by atoms with van der Waals surface area (Å²) in [6, 6.07) is 11.3. The van der Waals surface area contributed by atoms with Gasteiger partial charge >= 0.3 is 12.0 Å². The largest absolute Gasteiger partial charge is 0.407 e. The molecule has 0 aliphatic rings. The van der Waals surface area contributed by atoms with Crippen LogP contribution in [-0.4, -0.2) is 16.2 Å². The van der Waals surface area contributed by atoms with Gasteiger partial charge in [-0.25, -0.2) is 9.18 Å². The van der Waals surface area contributed by atoms with Crippen molar-refractivity contribution in [1.82, 2.24) is 10.2 Å². The number of aromatic nitrogens is 2. The molecule has 0 unspecified atom stereocenters. The first kappa shape index (κ1) is 16.6. The molecule has 0 saturated heterocycles. The van der Waals surface area contributed by atoms with E-state index in [1.54, 1.807) is 12.1 Å². The molecule has 0 atom stereocenters. The van der Waals surface area contributed by atoms with Crippen molar-refractivity contribution >= 4 is 17.7 Å². The third-order valence-electron chi connectivity index (χ3n) is 3.44. The van der Waals surface area contributed by atoms with Crippen LogP contribution in [0.5, 0.6) is 0 Å². The van der Waals surface area contributed by atoms with Gasteiger partial charge in [-0.05, 0) is 54.8 Å². The van der Waals surface area contributed by atoms with Crippen LogP contribution in [0.1, 0.15) is 22.6 Å². The summed E-state index contributed by atoms with van der Waals surface area (Å²) in [4.78, 5) is 12.0. The average Bonchev–Trinajstić information content (AvgIpc) is 2.95. The summed E-state index contributed by atoms with van der Waals surface area (Å²) in [5.74, 6) is 0.0213. The topological polar surface area (TPSA) is 80.0 Å². The van der Waals surface area contributed by atoms with E-state index in [2.05, 4.69) is 20.8 Å². The van der Waals surface area contributed by atoms with Gasteiger partial charge in [-0.15, -0.1) is 5.10 Å². The Morgan fingerprint density at radius 2 is 1.72 bits per heavy atom. The molecule has 0 fully saturated rings. The first-order chi connectivity index (χ1) is 12.0. The Labute approximate surface area is 144 Å². The highest BCUT2D eigenvalue weighted by Crippen LogP contribution is 2.15. The monoisotopic (exact) mass is 340 g/mol. The van der Waals surface area contributed by atoms with Crippen molar-refractivity contribution < 1.29 is 13.6 Å². The fourth-order valence-corrected chi connectivity index (χ4v) is 2.46. The molecule has 2 amide bonds. The summed E-state index contributed by atoms with van der Waals surface area (Å²) in [6.45, 7) is 3.91. The van der Waals surface area contributed by atoms with Crippen LogP contribution in [0.4, 0.5) is 20.9 Å². The highest BCUT2D eigenvalue weighted by Gasteiger charge is 2.11. The number of carbonyl (C=O) groups is 1. The molecule has 0 spiro atoms. The molecule has 3 rings (SSSR count). The average molecular weight is 340 g/mol. The van der Waals surface area contributed by atoms with Gasteiger partial charge in [0.15, 0.2) is 0 Å². The van der Waals surface area contributed by atoms with Gasteiger partial charge in [0.05, 0.1) is 6.42 Å². The van der Waals surface area contributed by atoms with Crippen molar-refractivity contribution in [3.63, 3.8) is 0 Å². The van der Waals surface area contributed by atoms with E-state index < -0.39 is 6.03 Å². The molecule has 25 heavy (non-hydrogen) atoms. The van der Waals surface area contributed by atoms with Gasteiger partial charge in [-0.1, -0.05) is 23.3 Å². The zero-order chi connectivity index (χ0) is 17.8. The highest BCUT2D eigenvalue weighted by atomic mass is 19.1. The minimum atomic E-state index is -0.470. The molecule has 1 heterocycles.